The van der Waals surface area contributed by atoms with E-state index in [1.165, 1.54) is 19.3 Å². The van der Waals surface area contributed by atoms with Crippen LogP contribution in [-0.4, -0.2) is 30.7 Å². The van der Waals surface area contributed by atoms with Crippen molar-refractivity contribution in [1.82, 2.24) is 0 Å². The normalized spacial score (nSPS) is 37.9. The Labute approximate surface area is 84.4 Å². The Morgan fingerprint density at radius 3 is 2.21 bits per heavy atom. The summed E-state index contributed by atoms with van der Waals surface area (Å²) in [4.78, 5) is 0. The highest BCUT2D eigenvalue weighted by Crippen LogP contribution is 2.63. The molecule has 1 unspecified atom stereocenters. The van der Waals surface area contributed by atoms with E-state index in [-0.39, 0.29) is 5.79 Å². The van der Waals surface area contributed by atoms with Gasteiger partial charge in [-0.15, -0.1) is 0 Å². The van der Waals surface area contributed by atoms with E-state index < -0.39 is 0 Å². The average molecular weight is 198 g/mol. The van der Waals surface area contributed by atoms with Gasteiger partial charge >= 0.3 is 0 Å². The summed E-state index contributed by atoms with van der Waals surface area (Å²) in [5.41, 5.74) is 0.468. The van der Waals surface area contributed by atoms with Crippen molar-refractivity contribution in [2.24, 2.45) is 11.3 Å². The number of aliphatic hydroxyl groups is 1. The second kappa shape index (κ2) is 2.94. The van der Waals surface area contributed by atoms with Crippen LogP contribution in [0.15, 0.2) is 0 Å². The molecule has 3 rings (SSSR count). The van der Waals surface area contributed by atoms with Gasteiger partial charge in [-0.1, -0.05) is 0 Å². The number of hydrogen-bond acceptors (Lipinski definition) is 3. The summed E-state index contributed by atoms with van der Waals surface area (Å²) in [5.74, 6) is 0.342. The van der Waals surface area contributed by atoms with E-state index in [0.29, 0.717) is 17.9 Å². The van der Waals surface area contributed by atoms with Gasteiger partial charge in [0.05, 0.1) is 13.2 Å². The lowest BCUT2D eigenvalue weighted by molar-refractivity contribution is -0.185. The smallest absolute Gasteiger partial charge is 0.168 e. The summed E-state index contributed by atoms with van der Waals surface area (Å²) in [5, 5.41) is 9.12. The molecule has 1 saturated heterocycles. The summed E-state index contributed by atoms with van der Waals surface area (Å²) in [6.45, 7) is 1.89. The maximum Gasteiger partial charge on any atom is 0.168 e. The van der Waals surface area contributed by atoms with Gasteiger partial charge in [-0.05, 0) is 30.6 Å². The molecule has 3 aliphatic rings. The predicted octanol–water partition coefficient (Wildman–Crippen LogP) is 1.30. The molecule has 0 aromatic rings. The van der Waals surface area contributed by atoms with E-state index >= 15 is 0 Å². The maximum absolute atomic E-state index is 9.12. The fourth-order valence-electron chi connectivity index (χ4n) is 3.22. The lowest BCUT2D eigenvalue weighted by Gasteiger charge is -2.36. The standard InChI is InChI=1S/C11H18O3/c12-8-9-7-10(9)1-3-11(4-2-10)13-5-6-14-11/h9,12H,1-8H2. The molecule has 3 nitrogen and oxygen atoms in total. The zero-order valence-electron chi connectivity index (χ0n) is 8.50. The largest absolute Gasteiger partial charge is 0.396 e. The van der Waals surface area contributed by atoms with E-state index in [9.17, 15) is 0 Å². The predicted molar refractivity (Wildman–Crippen MR) is 50.7 cm³/mol. The number of hydrogen-bond donors (Lipinski definition) is 1. The van der Waals surface area contributed by atoms with E-state index in [4.69, 9.17) is 14.6 Å². The Balaban J connectivity index is 1.63. The number of rotatable bonds is 1. The van der Waals surface area contributed by atoms with Gasteiger partial charge in [-0.25, -0.2) is 0 Å². The Bertz CT molecular complexity index is 223. The first-order valence-corrected chi connectivity index (χ1v) is 5.67. The third-order valence-corrected chi connectivity index (χ3v) is 4.40. The van der Waals surface area contributed by atoms with Crippen molar-refractivity contribution in [2.75, 3.05) is 19.8 Å². The van der Waals surface area contributed by atoms with Gasteiger partial charge < -0.3 is 14.6 Å². The molecular formula is C11H18O3. The number of ether oxygens (including phenoxy) is 2. The van der Waals surface area contributed by atoms with Crippen molar-refractivity contribution in [1.29, 1.82) is 0 Å². The minimum absolute atomic E-state index is 0.228. The topological polar surface area (TPSA) is 38.7 Å². The Morgan fingerprint density at radius 2 is 1.71 bits per heavy atom. The van der Waals surface area contributed by atoms with Crippen molar-refractivity contribution < 1.29 is 14.6 Å². The van der Waals surface area contributed by atoms with Crippen LogP contribution >= 0.6 is 0 Å². The zero-order valence-corrected chi connectivity index (χ0v) is 8.50. The lowest BCUT2D eigenvalue weighted by Crippen LogP contribution is -2.36. The van der Waals surface area contributed by atoms with Gasteiger partial charge in [-0.3, -0.25) is 0 Å². The van der Waals surface area contributed by atoms with Gasteiger partial charge in [-0.2, -0.15) is 0 Å². The summed E-state index contributed by atoms with van der Waals surface area (Å²) in [6.07, 6.45) is 5.64. The van der Waals surface area contributed by atoms with Crippen LogP contribution in [0.25, 0.3) is 0 Å². The summed E-state index contributed by atoms with van der Waals surface area (Å²) < 4.78 is 11.4. The fraction of sp³-hybridized carbons (Fsp3) is 1.00. The minimum atomic E-state index is -0.228. The van der Waals surface area contributed by atoms with Crippen LogP contribution in [0.4, 0.5) is 0 Å². The van der Waals surface area contributed by atoms with E-state index in [1.807, 2.05) is 0 Å². The molecule has 0 radical (unpaired) electrons. The molecule has 14 heavy (non-hydrogen) atoms. The molecule has 2 saturated carbocycles. The molecule has 1 atom stereocenters. The first-order valence-electron chi connectivity index (χ1n) is 5.67. The van der Waals surface area contributed by atoms with Crippen LogP contribution in [0.1, 0.15) is 32.1 Å². The Kier molecular flexibility index (Phi) is 1.92. The van der Waals surface area contributed by atoms with Crippen LogP contribution in [-0.2, 0) is 9.47 Å². The lowest BCUT2D eigenvalue weighted by atomic mass is 9.81. The monoisotopic (exact) mass is 198 g/mol. The van der Waals surface area contributed by atoms with Crippen molar-refractivity contribution in [3.8, 4) is 0 Å². The molecule has 3 fully saturated rings. The first-order chi connectivity index (χ1) is 6.79. The molecule has 1 heterocycles. The van der Waals surface area contributed by atoms with E-state index in [0.717, 1.165) is 26.1 Å². The highest BCUT2D eigenvalue weighted by Gasteiger charge is 2.58. The molecule has 80 valence electrons. The van der Waals surface area contributed by atoms with Crippen LogP contribution in [0.3, 0.4) is 0 Å². The third kappa shape index (κ3) is 1.23. The highest BCUT2D eigenvalue weighted by atomic mass is 16.7. The average Bonchev–Trinajstić information content (AvgIpc) is 2.72. The molecule has 2 aliphatic carbocycles. The molecule has 0 aromatic heterocycles. The van der Waals surface area contributed by atoms with Crippen molar-refractivity contribution in [2.45, 2.75) is 37.9 Å². The summed E-state index contributed by atoms with van der Waals surface area (Å²) in [7, 11) is 0. The van der Waals surface area contributed by atoms with E-state index in [1.54, 1.807) is 0 Å². The Hall–Kier alpha value is -0.120. The molecule has 1 N–H and O–H groups in total. The van der Waals surface area contributed by atoms with Crippen molar-refractivity contribution in [3.63, 3.8) is 0 Å². The second-order valence-corrected chi connectivity index (χ2v) is 5.05. The van der Waals surface area contributed by atoms with Gasteiger partial charge in [0, 0.05) is 19.4 Å². The van der Waals surface area contributed by atoms with Gasteiger partial charge in [0.15, 0.2) is 5.79 Å². The summed E-state index contributed by atoms with van der Waals surface area (Å²) in [6, 6.07) is 0. The molecule has 0 aromatic carbocycles. The van der Waals surface area contributed by atoms with Gasteiger partial charge in [0.2, 0.25) is 0 Å². The van der Waals surface area contributed by atoms with Gasteiger partial charge in [0.25, 0.3) is 0 Å². The molecule has 1 aliphatic heterocycles. The van der Waals surface area contributed by atoms with Crippen LogP contribution in [0, 0.1) is 11.3 Å². The fourth-order valence-corrected chi connectivity index (χ4v) is 3.22. The maximum atomic E-state index is 9.12. The van der Waals surface area contributed by atoms with Gasteiger partial charge in [0.1, 0.15) is 0 Å². The van der Waals surface area contributed by atoms with Crippen molar-refractivity contribution >= 4 is 0 Å². The second-order valence-electron chi connectivity index (χ2n) is 5.05. The van der Waals surface area contributed by atoms with Crippen LogP contribution in [0.5, 0.6) is 0 Å². The highest BCUT2D eigenvalue weighted by molar-refractivity contribution is 5.05. The third-order valence-electron chi connectivity index (χ3n) is 4.40. The molecule has 0 amide bonds. The Morgan fingerprint density at radius 1 is 1.07 bits per heavy atom. The molecular weight excluding hydrogens is 180 g/mol. The zero-order chi connectivity index (χ0) is 9.65. The van der Waals surface area contributed by atoms with Crippen LogP contribution in [0.2, 0.25) is 0 Å². The number of aliphatic hydroxyl groups excluding tert-OH is 1. The molecule has 2 spiro atoms. The molecule has 0 bridgehead atoms. The molecule has 3 heteroatoms. The first kappa shape index (κ1) is 9.13. The minimum Gasteiger partial charge on any atom is -0.396 e. The quantitative estimate of drug-likeness (QED) is 0.690. The van der Waals surface area contributed by atoms with Crippen LogP contribution < -0.4 is 0 Å². The summed E-state index contributed by atoms with van der Waals surface area (Å²) >= 11 is 0. The SMILES string of the molecule is OCC1CC12CCC1(CC2)OCCO1. The van der Waals surface area contributed by atoms with Crippen molar-refractivity contribution in [3.05, 3.63) is 0 Å². The van der Waals surface area contributed by atoms with E-state index in [2.05, 4.69) is 0 Å².